The first-order valence-corrected chi connectivity index (χ1v) is 11.1. The lowest BCUT2D eigenvalue weighted by atomic mass is 9.70. The molecule has 4 rings (SSSR count). The molecule has 0 aromatic heterocycles. The zero-order valence-electron chi connectivity index (χ0n) is 18.0. The monoisotopic (exact) mass is 429 g/mol. The molecule has 2 bridgehead atoms. The van der Waals surface area contributed by atoms with Gasteiger partial charge in [-0.15, -0.1) is 0 Å². The number of carbonyl (C=O) groups is 3. The van der Waals surface area contributed by atoms with Crippen molar-refractivity contribution in [3.63, 3.8) is 0 Å². The van der Waals surface area contributed by atoms with E-state index in [9.17, 15) is 14.4 Å². The number of nitrogens with zero attached hydrogens (tertiary/aromatic N) is 1. The fraction of sp³-hybridized carbons (Fsp3) is 0.609. The molecule has 1 aromatic rings. The molecule has 5 atom stereocenters. The molecule has 8 heteroatoms. The zero-order valence-corrected chi connectivity index (χ0v) is 18.0. The normalized spacial score (nSPS) is 31.2. The highest BCUT2D eigenvalue weighted by molar-refractivity contribution is 6.02. The lowest BCUT2D eigenvalue weighted by molar-refractivity contribution is -0.141. The second-order valence-corrected chi connectivity index (χ2v) is 9.04. The Labute approximate surface area is 182 Å². The van der Waals surface area contributed by atoms with E-state index in [4.69, 9.17) is 9.84 Å². The standard InChI is InChI=1S/C23H31N3O5/c1-14(2)24-21(29)19-23-11-10-16(31-23)17(20(28)25-15-8-4-3-5-9-15)18(23)22(30)26(19)12-6-7-13-27/h3-5,8-9,14,16-19,27H,6-7,10-13H2,1-2H3,(H,24,29)(H,25,28)/t16-,17+,18-,19?,23?/m0/s1. The van der Waals surface area contributed by atoms with Crippen LogP contribution in [0.3, 0.4) is 0 Å². The Hall–Kier alpha value is -2.45. The second kappa shape index (κ2) is 8.59. The summed E-state index contributed by atoms with van der Waals surface area (Å²) in [5.41, 5.74) is -0.304. The number of likely N-dealkylation sites (tertiary alicyclic amines) is 1. The third-order valence-corrected chi connectivity index (χ3v) is 6.63. The predicted molar refractivity (Wildman–Crippen MR) is 114 cm³/mol. The van der Waals surface area contributed by atoms with Crippen LogP contribution in [0.25, 0.3) is 0 Å². The summed E-state index contributed by atoms with van der Waals surface area (Å²) in [4.78, 5) is 41.6. The van der Waals surface area contributed by atoms with Crippen molar-refractivity contribution in [2.24, 2.45) is 11.8 Å². The Morgan fingerprint density at radius 2 is 1.97 bits per heavy atom. The maximum atomic E-state index is 13.6. The molecule has 3 amide bonds. The first-order chi connectivity index (χ1) is 14.9. The van der Waals surface area contributed by atoms with E-state index in [1.165, 1.54) is 0 Å². The van der Waals surface area contributed by atoms with E-state index >= 15 is 0 Å². The topological polar surface area (TPSA) is 108 Å². The van der Waals surface area contributed by atoms with Crippen molar-refractivity contribution < 1.29 is 24.2 Å². The van der Waals surface area contributed by atoms with Gasteiger partial charge in [-0.2, -0.15) is 0 Å². The molecule has 3 aliphatic rings. The van der Waals surface area contributed by atoms with Crippen LogP contribution in [0.15, 0.2) is 30.3 Å². The number of nitrogens with one attached hydrogen (secondary N) is 2. The van der Waals surface area contributed by atoms with Gasteiger partial charge in [0.05, 0.1) is 17.9 Å². The molecule has 168 valence electrons. The lowest BCUT2D eigenvalue weighted by Gasteiger charge is -2.34. The number of carbonyl (C=O) groups excluding carboxylic acids is 3. The van der Waals surface area contributed by atoms with E-state index in [-0.39, 0.29) is 36.5 Å². The molecule has 0 aliphatic carbocycles. The summed E-state index contributed by atoms with van der Waals surface area (Å²) in [6.45, 7) is 4.14. The van der Waals surface area contributed by atoms with Crippen LogP contribution < -0.4 is 10.6 Å². The summed E-state index contributed by atoms with van der Waals surface area (Å²) >= 11 is 0. The number of fused-ring (bicyclic) bond motifs is 1. The van der Waals surface area contributed by atoms with E-state index < -0.39 is 23.5 Å². The van der Waals surface area contributed by atoms with Gasteiger partial charge in [0.1, 0.15) is 11.6 Å². The van der Waals surface area contributed by atoms with Gasteiger partial charge in [-0.1, -0.05) is 18.2 Å². The van der Waals surface area contributed by atoms with Gasteiger partial charge in [0.25, 0.3) is 0 Å². The van der Waals surface area contributed by atoms with Crippen LogP contribution in [0, 0.1) is 11.8 Å². The van der Waals surface area contributed by atoms with Gasteiger partial charge < -0.3 is 25.4 Å². The molecule has 2 unspecified atom stereocenters. The van der Waals surface area contributed by atoms with Gasteiger partial charge in [-0.3, -0.25) is 14.4 Å². The predicted octanol–water partition coefficient (Wildman–Crippen LogP) is 1.30. The first kappa shape index (κ1) is 21.8. The number of hydrogen-bond donors (Lipinski definition) is 3. The number of aliphatic hydroxyl groups is 1. The summed E-state index contributed by atoms with van der Waals surface area (Å²) in [5.74, 6) is -1.97. The third-order valence-electron chi connectivity index (χ3n) is 6.63. The van der Waals surface area contributed by atoms with Crippen molar-refractivity contribution in [1.29, 1.82) is 0 Å². The number of aliphatic hydroxyl groups excluding tert-OH is 1. The van der Waals surface area contributed by atoms with E-state index in [2.05, 4.69) is 10.6 Å². The van der Waals surface area contributed by atoms with Crippen molar-refractivity contribution in [2.45, 2.75) is 63.3 Å². The molecule has 1 aromatic carbocycles. The van der Waals surface area contributed by atoms with Gasteiger partial charge in [0.2, 0.25) is 17.7 Å². The molecule has 8 nitrogen and oxygen atoms in total. The van der Waals surface area contributed by atoms with E-state index in [1.54, 1.807) is 17.0 Å². The maximum absolute atomic E-state index is 13.6. The van der Waals surface area contributed by atoms with Crippen LogP contribution in [0.5, 0.6) is 0 Å². The van der Waals surface area contributed by atoms with Crippen molar-refractivity contribution >= 4 is 23.4 Å². The Morgan fingerprint density at radius 3 is 2.65 bits per heavy atom. The number of para-hydroxylation sites is 1. The zero-order chi connectivity index (χ0) is 22.2. The van der Waals surface area contributed by atoms with Gasteiger partial charge in [0, 0.05) is 24.9 Å². The van der Waals surface area contributed by atoms with Crippen LogP contribution in [0.2, 0.25) is 0 Å². The minimum atomic E-state index is -0.974. The van der Waals surface area contributed by atoms with Gasteiger partial charge in [-0.05, 0) is 51.7 Å². The number of rotatable bonds is 8. The first-order valence-electron chi connectivity index (χ1n) is 11.1. The molecular weight excluding hydrogens is 398 g/mol. The number of ether oxygens (including phenoxy) is 1. The Balaban J connectivity index is 1.63. The highest BCUT2D eigenvalue weighted by atomic mass is 16.5. The minimum absolute atomic E-state index is 0.0279. The highest BCUT2D eigenvalue weighted by Gasteiger charge is 2.74. The molecule has 3 heterocycles. The summed E-state index contributed by atoms with van der Waals surface area (Å²) in [6.07, 6.45) is 1.98. The number of anilines is 1. The second-order valence-electron chi connectivity index (χ2n) is 9.04. The highest BCUT2D eigenvalue weighted by Crippen LogP contribution is 2.58. The quantitative estimate of drug-likeness (QED) is 0.540. The van der Waals surface area contributed by atoms with E-state index in [1.807, 2.05) is 32.0 Å². The summed E-state index contributed by atoms with van der Waals surface area (Å²) < 4.78 is 6.34. The van der Waals surface area contributed by atoms with Crippen molar-refractivity contribution in [3.05, 3.63) is 30.3 Å². The van der Waals surface area contributed by atoms with Gasteiger partial charge in [0.15, 0.2) is 0 Å². The molecule has 3 saturated heterocycles. The number of hydrogen-bond acceptors (Lipinski definition) is 5. The summed E-state index contributed by atoms with van der Waals surface area (Å²) in [6, 6.07) is 8.32. The van der Waals surface area contributed by atoms with Crippen LogP contribution in [0.1, 0.15) is 39.5 Å². The van der Waals surface area contributed by atoms with Crippen molar-refractivity contribution in [1.82, 2.24) is 10.2 Å². The molecule has 0 saturated carbocycles. The Kier molecular flexibility index (Phi) is 6.03. The maximum Gasteiger partial charge on any atom is 0.246 e. The molecule has 3 fully saturated rings. The number of benzene rings is 1. The minimum Gasteiger partial charge on any atom is -0.396 e. The summed E-state index contributed by atoms with van der Waals surface area (Å²) in [5, 5.41) is 15.0. The number of amides is 3. The van der Waals surface area contributed by atoms with Crippen molar-refractivity contribution in [3.8, 4) is 0 Å². The molecule has 0 radical (unpaired) electrons. The van der Waals surface area contributed by atoms with E-state index in [0.29, 0.717) is 37.9 Å². The molecular formula is C23H31N3O5. The molecule has 31 heavy (non-hydrogen) atoms. The average Bonchev–Trinajstić information content (AvgIpc) is 3.36. The fourth-order valence-electron chi connectivity index (χ4n) is 5.50. The molecule has 3 N–H and O–H groups in total. The molecule has 3 aliphatic heterocycles. The largest absolute Gasteiger partial charge is 0.396 e. The Bertz CT molecular complexity index is 845. The van der Waals surface area contributed by atoms with E-state index in [0.717, 1.165) is 0 Å². The lowest BCUT2D eigenvalue weighted by Crippen LogP contribution is -2.56. The number of unbranched alkanes of at least 4 members (excludes halogenated alkanes) is 1. The van der Waals surface area contributed by atoms with Crippen LogP contribution in [-0.2, 0) is 19.1 Å². The third kappa shape index (κ3) is 3.72. The Morgan fingerprint density at radius 1 is 1.23 bits per heavy atom. The van der Waals surface area contributed by atoms with Gasteiger partial charge in [-0.25, -0.2) is 0 Å². The SMILES string of the molecule is CC(C)NC(=O)C1N(CCCCO)C(=O)[C@@H]2[C@H](C(=O)Nc3ccccc3)[C@@H]3CCC12O3. The fourth-order valence-corrected chi connectivity index (χ4v) is 5.50. The van der Waals surface area contributed by atoms with Crippen LogP contribution in [-0.4, -0.2) is 64.7 Å². The van der Waals surface area contributed by atoms with Crippen molar-refractivity contribution in [2.75, 3.05) is 18.5 Å². The smallest absolute Gasteiger partial charge is 0.246 e. The van der Waals surface area contributed by atoms with Crippen LogP contribution in [0.4, 0.5) is 5.69 Å². The molecule has 1 spiro atoms. The average molecular weight is 430 g/mol. The summed E-state index contributed by atoms with van der Waals surface area (Å²) in [7, 11) is 0. The van der Waals surface area contributed by atoms with Gasteiger partial charge >= 0.3 is 0 Å². The van der Waals surface area contributed by atoms with Crippen LogP contribution >= 0.6 is 0 Å².